The predicted molar refractivity (Wildman–Crippen MR) is 103 cm³/mol. The molecule has 4 nitrogen and oxygen atoms in total. The van der Waals surface area contributed by atoms with Gasteiger partial charge in [-0.3, -0.25) is 9.78 Å². The van der Waals surface area contributed by atoms with Crippen molar-refractivity contribution in [1.82, 2.24) is 4.98 Å². The van der Waals surface area contributed by atoms with E-state index in [0.717, 1.165) is 22.5 Å². The molecule has 1 aromatic heterocycles. The maximum atomic E-state index is 12.5. The third-order valence-electron chi connectivity index (χ3n) is 3.87. The van der Waals surface area contributed by atoms with Crippen LogP contribution in [0, 0.1) is 13.8 Å². The van der Waals surface area contributed by atoms with Gasteiger partial charge in [0.1, 0.15) is 0 Å². The van der Waals surface area contributed by atoms with E-state index in [-0.39, 0.29) is 5.91 Å². The number of carbonyl (C=O) groups excluding carboxylic acids is 1. The van der Waals surface area contributed by atoms with Crippen molar-refractivity contribution < 1.29 is 4.79 Å². The number of aryl methyl sites for hydroxylation is 2. The average Bonchev–Trinajstić information content (AvgIpc) is 2.60. The van der Waals surface area contributed by atoms with E-state index in [9.17, 15) is 4.79 Å². The van der Waals surface area contributed by atoms with Gasteiger partial charge in [-0.15, -0.1) is 0 Å². The van der Waals surface area contributed by atoms with Crippen molar-refractivity contribution in [3.63, 3.8) is 0 Å². The van der Waals surface area contributed by atoms with Gasteiger partial charge in [-0.25, -0.2) is 0 Å². The van der Waals surface area contributed by atoms with E-state index in [1.54, 1.807) is 24.4 Å². The SMILES string of the molecule is Cc1ccc(Cl)cc1NC(=O)c1cncc(Nc2ccccc2C)c1. The molecular formula is C20H18ClN3O. The molecule has 3 aromatic rings. The van der Waals surface area contributed by atoms with Gasteiger partial charge in [-0.2, -0.15) is 0 Å². The van der Waals surface area contributed by atoms with Crippen LogP contribution in [-0.4, -0.2) is 10.9 Å². The van der Waals surface area contributed by atoms with Crippen LogP contribution >= 0.6 is 11.6 Å². The molecule has 5 heteroatoms. The van der Waals surface area contributed by atoms with E-state index < -0.39 is 0 Å². The Labute approximate surface area is 151 Å². The molecule has 0 aliphatic heterocycles. The summed E-state index contributed by atoms with van der Waals surface area (Å²) in [6.07, 6.45) is 3.23. The predicted octanol–water partition coefficient (Wildman–Crippen LogP) is 5.35. The van der Waals surface area contributed by atoms with Gasteiger partial charge in [0.25, 0.3) is 5.91 Å². The highest BCUT2D eigenvalue weighted by atomic mass is 35.5. The second-order valence-corrected chi connectivity index (χ2v) is 6.25. The summed E-state index contributed by atoms with van der Waals surface area (Å²) in [7, 11) is 0. The number of aromatic nitrogens is 1. The van der Waals surface area contributed by atoms with Crippen LogP contribution < -0.4 is 10.6 Å². The largest absolute Gasteiger partial charge is 0.354 e. The van der Waals surface area contributed by atoms with Gasteiger partial charge in [0.05, 0.1) is 17.4 Å². The number of nitrogens with one attached hydrogen (secondary N) is 2. The van der Waals surface area contributed by atoms with Crippen LogP contribution in [0.3, 0.4) is 0 Å². The Bertz CT molecular complexity index is 924. The van der Waals surface area contributed by atoms with E-state index in [0.29, 0.717) is 16.3 Å². The number of hydrogen-bond acceptors (Lipinski definition) is 3. The van der Waals surface area contributed by atoms with Crippen molar-refractivity contribution >= 4 is 34.6 Å². The molecule has 2 aromatic carbocycles. The van der Waals surface area contributed by atoms with Gasteiger partial charge in [0.2, 0.25) is 0 Å². The first-order chi connectivity index (χ1) is 12.0. The zero-order valence-corrected chi connectivity index (χ0v) is 14.8. The topological polar surface area (TPSA) is 54.0 Å². The number of nitrogens with zero attached hydrogens (tertiary/aromatic N) is 1. The summed E-state index contributed by atoms with van der Waals surface area (Å²) >= 11 is 6.00. The molecule has 0 saturated carbocycles. The number of benzene rings is 2. The van der Waals surface area contributed by atoms with Crippen LogP contribution in [0.2, 0.25) is 5.02 Å². The summed E-state index contributed by atoms with van der Waals surface area (Å²) in [5.74, 6) is -0.230. The molecule has 0 aliphatic rings. The molecule has 1 amide bonds. The molecule has 0 bridgehead atoms. The monoisotopic (exact) mass is 351 g/mol. The maximum absolute atomic E-state index is 12.5. The van der Waals surface area contributed by atoms with Crippen LogP contribution in [0.25, 0.3) is 0 Å². The minimum absolute atomic E-state index is 0.230. The molecule has 1 heterocycles. The molecule has 0 saturated heterocycles. The number of carbonyl (C=O) groups is 1. The molecule has 0 fully saturated rings. The second kappa shape index (κ2) is 7.36. The number of halogens is 1. The maximum Gasteiger partial charge on any atom is 0.257 e. The second-order valence-electron chi connectivity index (χ2n) is 5.82. The van der Waals surface area contributed by atoms with Crippen LogP contribution in [0.1, 0.15) is 21.5 Å². The zero-order chi connectivity index (χ0) is 17.8. The molecule has 0 aliphatic carbocycles. The minimum Gasteiger partial charge on any atom is -0.354 e. The van der Waals surface area contributed by atoms with Crippen molar-refractivity contribution in [2.45, 2.75) is 13.8 Å². The molecule has 126 valence electrons. The highest BCUT2D eigenvalue weighted by Crippen LogP contribution is 2.23. The fourth-order valence-electron chi connectivity index (χ4n) is 2.42. The van der Waals surface area contributed by atoms with Crippen molar-refractivity contribution in [3.05, 3.63) is 82.6 Å². The lowest BCUT2D eigenvalue weighted by atomic mass is 10.1. The molecule has 3 rings (SSSR count). The molecule has 0 unspecified atom stereocenters. The molecule has 0 radical (unpaired) electrons. The van der Waals surface area contributed by atoms with Gasteiger partial charge < -0.3 is 10.6 Å². The Morgan fingerprint density at radius 2 is 1.72 bits per heavy atom. The Hall–Kier alpha value is -2.85. The van der Waals surface area contributed by atoms with Gasteiger partial charge in [0, 0.05) is 22.6 Å². The van der Waals surface area contributed by atoms with Crippen molar-refractivity contribution in [3.8, 4) is 0 Å². The number of pyridine rings is 1. The van der Waals surface area contributed by atoms with Crippen molar-refractivity contribution in [1.29, 1.82) is 0 Å². The van der Waals surface area contributed by atoms with Crippen LogP contribution in [-0.2, 0) is 0 Å². The molecule has 25 heavy (non-hydrogen) atoms. The molecule has 0 spiro atoms. The third-order valence-corrected chi connectivity index (χ3v) is 4.11. The van der Waals surface area contributed by atoms with Gasteiger partial charge in [-0.1, -0.05) is 35.9 Å². The number of hydrogen-bond donors (Lipinski definition) is 2. The first-order valence-electron chi connectivity index (χ1n) is 7.88. The summed E-state index contributed by atoms with van der Waals surface area (Å²) < 4.78 is 0. The van der Waals surface area contributed by atoms with Crippen LogP contribution in [0.15, 0.2) is 60.9 Å². The Kier molecular flexibility index (Phi) is 5.00. The lowest BCUT2D eigenvalue weighted by Crippen LogP contribution is -2.13. The molecular weight excluding hydrogens is 334 g/mol. The van der Waals surface area contributed by atoms with Crippen LogP contribution in [0.5, 0.6) is 0 Å². The summed E-state index contributed by atoms with van der Waals surface area (Å²) in [6.45, 7) is 3.94. The molecule has 2 N–H and O–H groups in total. The lowest BCUT2D eigenvalue weighted by molar-refractivity contribution is 0.102. The first kappa shape index (κ1) is 17.0. The van der Waals surface area contributed by atoms with Gasteiger partial charge >= 0.3 is 0 Å². The van der Waals surface area contributed by atoms with E-state index in [2.05, 4.69) is 15.6 Å². The quantitative estimate of drug-likeness (QED) is 0.666. The van der Waals surface area contributed by atoms with Crippen molar-refractivity contribution in [2.24, 2.45) is 0 Å². The number of anilines is 3. The van der Waals surface area contributed by atoms with E-state index in [1.807, 2.05) is 44.2 Å². The summed E-state index contributed by atoms with van der Waals surface area (Å²) in [4.78, 5) is 16.7. The first-order valence-corrected chi connectivity index (χ1v) is 8.26. The lowest BCUT2D eigenvalue weighted by Gasteiger charge is -2.11. The zero-order valence-electron chi connectivity index (χ0n) is 14.0. The summed E-state index contributed by atoms with van der Waals surface area (Å²) in [5.41, 5.74) is 4.96. The highest BCUT2D eigenvalue weighted by Gasteiger charge is 2.10. The normalized spacial score (nSPS) is 10.4. The fraction of sp³-hybridized carbons (Fsp3) is 0.100. The molecule has 0 atom stereocenters. The standard InChI is InChI=1S/C20H18ClN3O/c1-13-5-3-4-6-18(13)23-17-9-15(11-22-12-17)20(25)24-19-10-16(21)8-7-14(19)2/h3-12,23H,1-2H3,(H,24,25). The summed E-state index contributed by atoms with van der Waals surface area (Å²) in [5, 5.41) is 6.74. The number of rotatable bonds is 4. The highest BCUT2D eigenvalue weighted by molar-refractivity contribution is 6.31. The third kappa shape index (κ3) is 4.17. The van der Waals surface area contributed by atoms with Crippen LogP contribution in [0.4, 0.5) is 17.1 Å². The Balaban J connectivity index is 1.80. The van der Waals surface area contributed by atoms with E-state index >= 15 is 0 Å². The summed E-state index contributed by atoms with van der Waals surface area (Å²) in [6, 6.07) is 15.1. The Morgan fingerprint density at radius 3 is 2.52 bits per heavy atom. The smallest absolute Gasteiger partial charge is 0.257 e. The number of para-hydroxylation sites is 1. The fourth-order valence-corrected chi connectivity index (χ4v) is 2.60. The Morgan fingerprint density at radius 1 is 0.960 bits per heavy atom. The van der Waals surface area contributed by atoms with E-state index in [1.165, 1.54) is 6.20 Å². The van der Waals surface area contributed by atoms with Crippen molar-refractivity contribution in [2.75, 3.05) is 10.6 Å². The number of amides is 1. The minimum atomic E-state index is -0.230. The average molecular weight is 352 g/mol. The van der Waals surface area contributed by atoms with E-state index in [4.69, 9.17) is 11.6 Å². The van der Waals surface area contributed by atoms with Gasteiger partial charge in [-0.05, 0) is 49.2 Å². The van der Waals surface area contributed by atoms with Gasteiger partial charge in [0.15, 0.2) is 0 Å².